The van der Waals surface area contributed by atoms with Gasteiger partial charge in [-0.15, -0.1) is 0 Å². The van der Waals surface area contributed by atoms with Crippen molar-refractivity contribution < 1.29 is 14.3 Å². The Balaban J connectivity index is 2.14. The molecule has 1 amide bonds. The first-order valence-electron chi connectivity index (χ1n) is 7.59. The maximum absolute atomic E-state index is 12.2. The summed E-state index contributed by atoms with van der Waals surface area (Å²) < 4.78 is 10.4. The summed E-state index contributed by atoms with van der Waals surface area (Å²) in [6, 6.07) is 9.14. The summed E-state index contributed by atoms with van der Waals surface area (Å²) in [4.78, 5) is 12.2. The molecule has 2 aromatic carbocycles. The maximum Gasteiger partial charge on any atom is 0.271 e. The van der Waals surface area contributed by atoms with Crippen LogP contribution in [-0.2, 0) is 0 Å². The minimum Gasteiger partial charge on any atom is -0.493 e. The van der Waals surface area contributed by atoms with Gasteiger partial charge in [0.15, 0.2) is 11.5 Å². The Hall–Kier alpha value is -2.82. The van der Waals surface area contributed by atoms with Gasteiger partial charge in [0.2, 0.25) is 0 Å². The molecule has 24 heavy (non-hydrogen) atoms. The van der Waals surface area contributed by atoms with Gasteiger partial charge < -0.3 is 9.47 Å². The number of hydrogen-bond acceptors (Lipinski definition) is 4. The summed E-state index contributed by atoms with van der Waals surface area (Å²) in [6.07, 6.45) is 1.67. The fourth-order valence-corrected chi connectivity index (χ4v) is 2.59. The quantitative estimate of drug-likeness (QED) is 0.677. The van der Waals surface area contributed by atoms with Gasteiger partial charge in [0, 0.05) is 11.1 Å². The van der Waals surface area contributed by atoms with E-state index in [0.29, 0.717) is 17.1 Å². The highest BCUT2D eigenvalue weighted by Gasteiger charge is 2.10. The molecule has 0 fully saturated rings. The molecule has 0 aromatic heterocycles. The SMILES string of the molecule is COc1ccc(C(=O)N/N=C/c2c(C)cc(C)cc2C)cc1OC. The molecule has 0 atom stereocenters. The van der Waals surface area contributed by atoms with Crippen molar-refractivity contribution in [2.75, 3.05) is 14.2 Å². The standard InChI is InChI=1S/C19H22N2O3/c1-12-8-13(2)16(14(3)9-12)11-20-21-19(22)15-6-7-17(23-4)18(10-15)24-5/h6-11H,1-5H3,(H,21,22)/b20-11+. The van der Waals surface area contributed by atoms with Crippen molar-refractivity contribution in [3.63, 3.8) is 0 Å². The second-order valence-electron chi connectivity index (χ2n) is 5.58. The van der Waals surface area contributed by atoms with Gasteiger partial charge in [0.1, 0.15) is 0 Å². The summed E-state index contributed by atoms with van der Waals surface area (Å²) in [5.41, 5.74) is 7.44. The predicted molar refractivity (Wildman–Crippen MR) is 95.3 cm³/mol. The zero-order valence-electron chi connectivity index (χ0n) is 14.6. The number of carbonyl (C=O) groups is 1. The molecule has 0 bridgehead atoms. The van der Waals surface area contributed by atoms with Crippen LogP contribution in [-0.4, -0.2) is 26.3 Å². The van der Waals surface area contributed by atoms with Crippen LogP contribution < -0.4 is 14.9 Å². The van der Waals surface area contributed by atoms with Gasteiger partial charge >= 0.3 is 0 Å². The van der Waals surface area contributed by atoms with Crippen LogP contribution in [0.2, 0.25) is 0 Å². The lowest BCUT2D eigenvalue weighted by molar-refractivity contribution is 0.0954. The molecule has 0 heterocycles. The van der Waals surface area contributed by atoms with E-state index >= 15 is 0 Å². The number of hydrogen-bond donors (Lipinski definition) is 1. The molecule has 5 nitrogen and oxygen atoms in total. The third-order valence-corrected chi connectivity index (χ3v) is 3.74. The third-order valence-electron chi connectivity index (χ3n) is 3.74. The van der Waals surface area contributed by atoms with Crippen molar-refractivity contribution in [3.8, 4) is 11.5 Å². The van der Waals surface area contributed by atoms with E-state index in [1.165, 1.54) is 12.7 Å². The van der Waals surface area contributed by atoms with Gasteiger partial charge in [-0.3, -0.25) is 4.79 Å². The van der Waals surface area contributed by atoms with Crippen LogP contribution in [0.5, 0.6) is 11.5 Å². The van der Waals surface area contributed by atoms with Crippen molar-refractivity contribution in [1.82, 2.24) is 5.43 Å². The average Bonchev–Trinajstić information content (AvgIpc) is 2.56. The molecule has 0 unspecified atom stereocenters. The smallest absolute Gasteiger partial charge is 0.271 e. The number of nitrogens with zero attached hydrogens (tertiary/aromatic N) is 1. The Morgan fingerprint density at radius 3 is 2.21 bits per heavy atom. The second kappa shape index (κ2) is 7.64. The topological polar surface area (TPSA) is 59.9 Å². The molecule has 0 spiro atoms. The van der Waals surface area contributed by atoms with E-state index in [0.717, 1.165) is 16.7 Å². The summed E-state index contributed by atoms with van der Waals surface area (Å²) in [6.45, 7) is 6.11. The Kier molecular flexibility index (Phi) is 5.58. The van der Waals surface area contributed by atoms with E-state index in [9.17, 15) is 4.79 Å². The molecule has 1 N–H and O–H groups in total. The van der Waals surface area contributed by atoms with Crippen LogP contribution in [0.4, 0.5) is 0 Å². The first-order valence-corrected chi connectivity index (χ1v) is 7.59. The van der Waals surface area contributed by atoms with E-state index in [4.69, 9.17) is 9.47 Å². The molecule has 5 heteroatoms. The number of ether oxygens (including phenoxy) is 2. The normalized spacial score (nSPS) is 10.7. The van der Waals surface area contributed by atoms with Crippen molar-refractivity contribution in [2.45, 2.75) is 20.8 Å². The summed E-state index contributed by atoms with van der Waals surface area (Å²) >= 11 is 0. The number of benzene rings is 2. The van der Waals surface area contributed by atoms with Crippen LogP contribution in [0.3, 0.4) is 0 Å². The Labute approximate surface area is 142 Å². The molecule has 2 aromatic rings. The molecule has 126 valence electrons. The molecule has 0 aliphatic heterocycles. The number of amides is 1. The van der Waals surface area contributed by atoms with E-state index in [-0.39, 0.29) is 5.91 Å². The van der Waals surface area contributed by atoms with Gasteiger partial charge in [-0.05, 0) is 50.1 Å². The van der Waals surface area contributed by atoms with Gasteiger partial charge in [0.05, 0.1) is 20.4 Å². The van der Waals surface area contributed by atoms with Crippen LogP contribution in [0, 0.1) is 20.8 Å². The second-order valence-corrected chi connectivity index (χ2v) is 5.58. The molecular formula is C19H22N2O3. The summed E-state index contributed by atoms with van der Waals surface area (Å²) in [7, 11) is 3.08. The molecule has 0 radical (unpaired) electrons. The minimum absolute atomic E-state index is 0.311. The first-order chi connectivity index (χ1) is 11.5. The van der Waals surface area contributed by atoms with E-state index in [1.54, 1.807) is 31.5 Å². The highest BCUT2D eigenvalue weighted by atomic mass is 16.5. The van der Waals surface area contributed by atoms with Crippen molar-refractivity contribution in [3.05, 3.63) is 58.1 Å². The van der Waals surface area contributed by atoms with Crippen molar-refractivity contribution in [2.24, 2.45) is 5.10 Å². The maximum atomic E-state index is 12.2. The lowest BCUT2D eigenvalue weighted by atomic mass is 10.0. The van der Waals surface area contributed by atoms with Crippen LogP contribution in [0.25, 0.3) is 0 Å². The fourth-order valence-electron chi connectivity index (χ4n) is 2.59. The Morgan fingerprint density at radius 2 is 1.62 bits per heavy atom. The Bertz CT molecular complexity index is 759. The van der Waals surface area contributed by atoms with Gasteiger partial charge in [-0.1, -0.05) is 17.7 Å². The van der Waals surface area contributed by atoms with Gasteiger partial charge in [-0.2, -0.15) is 5.10 Å². The number of carbonyl (C=O) groups excluding carboxylic acids is 1. The molecule has 0 saturated carbocycles. The number of hydrazone groups is 1. The fraction of sp³-hybridized carbons (Fsp3) is 0.263. The van der Waals surface area contributed by atoms with E-state index in [2.05, 4.69) is 29.6 Å². The van der Waals surface area contributed by atoms with Crippen LogP contribution in [0.15, 0.2) is 35.4 Å². The van der Waals surface area contributed by atoms with Gasteiger partial charge in [-0.25, -0.2) is 5.43 Å². The van der Waals surface area contributed by atoms with Crippen molar-refractivity contribution in [1.29, 1.82) is 0 Å². The molecule has 2 rings (SSSR count). The largest absolute Gasteiger partial charge is 0.493 e. The zero-order chi connectivity index (χ0) is 17.7. The molecule has 0 aliphatic rings. The van der Waals surface area contributed by atoms with Crippen LogP contribution in [0.1, 0.15) is 32.6 Å². The molecule has 0 saturated heterocycles. The third kappa shape index (κ3) is 3.93. The molecular weight excluding hydrogens is 304 g/mol. The number of nitrogens with one attached hydrogen (secondary N) is 1. The Morgan fingerprint density at radius 1 is 1.00 bits per heavy atom. The number of rotatable bonds is 5. The highest BCUT2D eigenvalue weighted by Crippen LogP contribution is 2.27. The predicted octanol–water partition coefficient (Wildman–Crippen LogP) is 3.39. The molecule has 0 aliphatic carbocycles. The number of methoxy groups -OCH3 is 2. The van der Waals surface area contributed by atoms with Crippen LogP contribution >= 0.6 is 0 Å². The average molecular weight is 326 g/mol. The highest BCUT2D eigenvalue weighted by molar-refractivity contribution is 5.95. The van der Waals surface area contributed by atoms with E-state index in [1.807, 2.05) is 13.8 Å². The zero-order valence-corrected chi connectivity index (χ0v) is 14.6. The number of aryl methyl sites for hydroxylation is 3. The minimum atomic E-state index is -0.311. The first kappa shape index (κ1) is 17.5. The lowest BCUT2D eigenvalue weighted by Gasteiger charge is -2.09. The van der Waals surface area contributed by atoms with Gasteiger partial charge in [0.25, 0.3) is 5.91 Å². The lowest BCUT2D eigenvalue weighted by Crippen LogP contribution is -2.17. The summed E-state index contributed by atoms with van der Waals surface area (Å²) in [5.74, 6) is 0.762. The monoisotopic (exact) mass is 326 g/mol. The van der Waals surface area contributed by atoms with E-state index < -0.39 is 0 Å². The van der Waals surface area contributed by atoms with Crippen molar-refractivity contribution >= 4 is 12.1 Å². The summed E-state index contributed by atoms with van der Waals surface area (Å²) in [5, 5.41) is 4.07.